The molecule has 3 N–H and O–H groups in total. The highest BCUT2D eigenvalue weighted by molar-refractivity contribution is 6.31. The predicted molar refractivity (Wildman–Crippen MR) is 130 cm³/mol. The molecule has 0 spiro atoms. The molecule has 1 aliphatic heterocycles. The summed E-state index contributed by atoms with van der Waals surface area (Å²) in [4.78, 5) is 9.55. The number of hydrogen-bond donors (Lipinski definition) is 3. The maximum Gasteiger partial charge on any atom is 0.191 e. The number of piperazine rings is 1. The van der Waals surface area contributed by atoms with Crippen LogP contribution in [0, 0.1) is 0 Å². The van der Waals surface area contributed by atoms with E-state index in [0.717, 1.165) is 60.5 Å². The van der Waals surface area contributed by atoms with Gasteiger partial charge < -0.3 is 25.5 Å². The van der Waals surface area contributed by atoms with E-state index < -0.39 is 0 Å². The third kappa shape index (κ3) is 6.60. The summed E-state index contributed by atoms with van der Waals surface area (Å²) < 4.78 is 0. The first kappa shape index (κ1) is 23.4. The minimum Gasteiger partial charge on any atom is -0.396 e. The fourth-order valence-electron chi connectivity index (χ4n) is 3.78. The molecule has 1 unspecified atom stereocenters. The number of aliphatic hydroxyl groups is 1. The number of nitrogens with one attached hydrogen (secondary N) is 2. The molecule has 0 aromatic heterocycles. The van der Waals surface area contributed by atoms with Gasteiger partial charge in [0.25, 0.3) is 0 Å². The molecule has 6 nitrogen and oxygen atoms in total. The van der Waals surface area contributed by atoms with E-state index in [4.69, 9.17) is 16.6 Å². The summed E-state index contributed by atoms with van der Waals surface area (Å²) >= 11 is 6.59. The lowest BCUT2D eigenvalue weighted by molar-refractivity contribution is 0.265. The number of halogens is 1. The number of likely N-dealkylation sites (N-methyl/N-ethyl adjacent to an activating group) is 1. The second-order valence-electron chi connectivity index (χ2n) is 7.89. The Bertz CT molecular complexity index is 837. The molecule has 1 fully saturated rings. The molecule has 0 aliphatic carbocycles. The zero-order valence-electron chi connectivity index (χ0n) is 18.5. The number of aliphatic hydroxyl groups excluding tert-OH is 1. The molecule has 3 rings (SSSR count). The molecule has 168 valence electrons. The van der Waals surface area contributed by atoms with Crippen molar-refractivity contribution in [2.45, 2.75) is 19.4 Å². The van der Waals surface area contributed by atoms with E-state index in [0.29, 0.717) is 13.1 Å². The van der Waals surface area contributed by atoms with Crippen molar-refractivity contribution >= 4 is 23.2 Å². The standard InChI is InChI=1S/C24H34ClN5O/c1-3-26-24(27-16-20(18-31)19-8-5-4-6-9-19)28-17-21-22(25)10-7-11-23(21)30-14-12-29(2)13-15-30/h4-11,20,31H,3,12-18H2,1-2H3,(H2,26,27,28). The van der Waals surface area contributed by atoms with Crippen LogP contribution >= 0.6 is 11.6 Å². The highest BCUT2D eigenvalue weighted by Crippen LogP contribution is 2.29. The van der Waals surface area contributed by atoms with Gasteiger partial charge in [-0.05, 0) is 31.7 Å². The molecule has 31 heavy (non-hydrogen) atoms. The minimum atomic E-state index is 0.00581. The van der Waals surface area contributed by atoms with E-state index in [1.54, 1.807) is 0 Å². The molecule has 0 radical (unpaired) electrons. The van der Waals surface area contributed by atoms with Crippen molar-refractivity contribution in [3.05, 3.63) is 64.7 Å². The summed E-state index contributed by atoms with van der Waals surface area (Å²) in [6, 6.07) is 16.1. The van der Waals surface area contributed by atoms with E-state index in [-0.39, 0.29) is 12.5 Å². The number of hydrogen-bond acceptors (Lipinski definition) is 4. The third-order valence-electron chi connectivity index (χ3n) is 5.68. The Morgan fingerprint density at radius 1 is 1.06 bits per heavy atom. The van der Waals surface area contributed by atoms with Crippen LogP contribution < -0.4 is 15.5 Å². The van der Waals surface area contributed by atoms with Gasteiger partial charge in [0.2, 0.25) is 0 Å². The second kappa shape index (κ2) is 11.9. The zero-order valence-corrected chi connectivity index (χ0v) is 19.3. The Morgan fingerprint density at radius 2 is 1.81 bits per heavy atom. The van der Waals surface area contributed by atoms with Gasteiger partial charge in [-0.25, -0.2) is 4.99 Å². The summed E-state index contributed by atoms with van der Waals surface area (Å²) in [5, 5.41) is 17.3. The van der Waals surface area contributed by atoms with Gasteiger partial charge in [-0.15, -0.1) is 0 Å². The highest BCUT2D eigenvalue weighted by Gasteiger charge is 2.18. The lowest BCUT2D eigenvalue weighted by Crippen LogP contribution is -2.44. The van der Waals surface area contributed by atoms with E-state index in [9.17, 15) is 5.11 Å². The first-order valence-corrected chi connectivity index (χ1v) is 11.4. The second-order valence-corrected chi connectivity index (χ2v) is 8.30. The van der Waals surface area contributed by atoms with Crippen LogP contribution in [0.3, 0.4) is 0 Å². The molecule has 1 saturated heterocycles. The van der Waals surface area contributed by atoms with Crippen LogP contribution in [0.4, 0.5) is 5.69 Å². The molecule has 2 aromatic rings. The summed E-state index contributed by atoms with van der Waals surface area (Å²) in [7, 11) is 2.16. The third-order valence-corrected chi connectivity index (χ3v) is 6.04. The highest BCUT2D eigenvalue weighted by atomic mass is 35.5. The van der Waals surface area contributed by atoms with Crippen molar-refractivity contribution in [1.29, 1.82) is 0 Å². The van der Waals surface area contributed by atoms with Crippen LogP contribution in [0.15, 0.2) is 53.5 Å². The Hall–Kier alpha value is -2.28. The first-order chi connectivity index (χ1) is 15.1. The van der Waals surface area contributed by atoms with E-state index in [2.05, 4.69) is 33.5 Å². The number of guanidine groups is 1. The number of nitrogens with zero attached hydrogens (tertiary/aromatic N) is 3. The van der Waals surface area contributed by atoms with Crippen LogP contribution in [0.2, 0.25) is 5.02 Å². The maximum atomic E-state index is 9.84. The van der Waals surface area contributed by atoms with Gasteiger partial charge in [0.15, 0.2) is 5.96 Å². The molecule has 1 heterocycles. The summed E-state index contributed by atoms with van der Waals surface area (Å²) in [5.74, 6) is 0.729. The Balaban J connectivity index is 1.71. The first-order valence-electron chi connectivity index (χ1n) is 11.0. The number of anilines is 1. The molecule has 1 aliphatic rings. The fraction of sp³-hybridized carbons (Fsp3) is 0.458. The number of benzene rings is 2. The van der Waals surface area contributed by atoms with Gasteiger partial charge >= 0.3 is 0 Å². The lowest BCUT2D eigenvalue weighted by atomic mass is 10.0. The molecule has 1 atom stereocenters. The molecule has 7 heteroatoms. The van der Waals surface area contributed by atoms with E-state index >= 15 is 0 Å². The summed E-state index contributed by atoms with van der Waals surface area (Å²) in [5.41, 5.74) is 3.32. The van der Waals surface area contributed by atoms with E-state index in [1.807, 2.05) is 49.4 Å². The molecular weight excluding hydrogens is 410 g/mol. The van der Waals surface area contributed by atoms with Crippen molar-refractivity contribution in [2.75, 3.05) is 57.8 Å². The average molecular weight is 444 g/mol. The van der Waals surface area contributed by atoms with Crippen molar-refractivity contribution in [3.63, 3.8) is 0 Å². The molecule has 0 bridgehead atoms. The summed E-state index contributed by atoms with van der Waals surface area (Å²) in [6.07, 6.45) is 0. The normalized spacial score (nSPS) is 16.3. The Morgan fingerprint density at radius 3 is 2.48 bits per heavy atom. The van der Waals surface area contributed by atoms with Crippen molar-refractivity contribution < 1.29 is 5.11 Å². The van der Waals surface area contributed by atoms with Crippen LogP contribution in [-0.2, 0) is 6.54 Å². The van der Waals surface area contributed by atoms with Gasteiger partial charge in [-0.3, -0.25) is 0 Å². The smallest absolute Gasteiger partial charge is 0.191 e. The van der Waals surface area contributed by atoms with Crippen LogP contribution in [0.1, 0.15) is 24.0 Å². The molecule has 0 amide bonds. The maximum absolute atomic E-state index is 9.84. The SMILES string of the molecule is CCNC(=NCc1c(Cl)cccc1N1CCN(C)CC1)NCC(CO)c1ccccc1. The zero-order chi connectivity index (χ0) is 22.1. The molecular formula is C24H34ClN5O. The van der Waals surface area contributed by atoms with Gasteiger partial charge in [0.1, 0.15) is 0 Å². The number of aliphatic imine (C=N–C) groups is 1. The number of rotatable bonds is 8. The van der Waals surface area contributed by atoms with Gasteiger partial charge in [-0.2, -0.15) is 0 Å². The Kier molecular flexibility index (Phi) is 9.00. The quantitative estimate of drug-likeness (QED) is 0.432. The Labute approximate surface area is 190 Å². The minimum absolute atomic E-state index is 0.00581. The van der Waals surface area contributed by atoms with Crippen molar-refractivity contribution in [1.82, 2.24) is 15.5 Å². The monoisotopic (exact) mass is 443 g/mol. The van der Waals surface area contributed by atoms with Crippen molar-refractivity contribution in [3.8, 4) is 0 Å². The predicted octanol–water partition coefficient (Wildman–Crippen LogP) is 2.92. The van der Waals surface area contributed by atoms with Crippen LogP contribution in [0.5, 0.6) is 0 Å². The molecule has 0 saturated carbocycles. The van der Waals surface area contributed by atoms with Gasteiger partial charge in [-0.1, -0.05) is 48.0 Å². The molecule has 2 aromatic carbocycles. The fourth-order valence-corrected chi connectivity index (χ4v) is 4.01. The largest absolute Gasteiger partial charge is 0.396 e. The van der Waals surface area contributed by atoms with Gasteiger partial charge in [0.05, 0.1) is 13.2 Å². The van der Waals surface area contributed by atoms with Crippen LogP contribution in [0.25, 0.3) is 0 Å². The lowest BCUT2D eigenvalue weighted by Gasteiger charge is -2.35. The van der Waals surface area contributed by atoms with Crippen molar-refractivity contribution in [2.24, 2.45) is 4.99 Å². The average Bonchev–Trinajstić information content (AvgIpc) is 2.79. The van der Waals surface area contributed by atoms with E-state index in [1.165, 1.54) is 0 Å². The summed E-state index contributed by atoms with van der Waals surface area (Å²) in [6.45, 7) is 8.03. The topological polar surface area (TPSA) is 63.1 Å². The van der Waals surface area contributed by atoms with Gasteiger partial charge in [0, 0.05) is 61.5 Å². The van der Waals surface area contributed by atoms with Crippen LogP contribution in [-0.4, -0.2) is 68.9 Å².